The second kappa shape index (κ2) is 6.76. The highest BCUT2D eigenvalue weighted by Crippen LogP contribution is 2.38. The van der Waals surface area contributed by atoms with E-state index in [4.69, 9.17) is 5.26 Å². The van der Waals surface area contributed by atoms with E-state index in [1.165, 1.54) is 13.1 Å². The Bertz CT molecular complexity index is 989. The summed E-state index contributed by atoms with van der Waals surface area (Å²) in [6, 6.07) is 10.6. The number of anilines is 1. The Morgan fingerprint density at radius 3 is 2.67 bits per heavy atom. The molecule has 0 aromatic heterocycles. The van der Waals surface area contributed by atoms with Crippen molar-refractivity contribution in [2.75, 3.05) is 19.0 Å². The maximum atomic E-state index is 13.1. The van der Waals surface area contributed by atoms with E-state index in [0.717, 1.165) is 6.07 Å². The van der Waals surface area contributed by atoms with E-state index in [2.05, 4.69) is 10.3 Å². The lowest BCUT2D eigenvalue weighted by atomic mass is 10.0. The van der Waals surface area contributed by atoms with E-state index in [1.54, 1.807) is 42.3 Å². The number of hydrogen-bond acceptors (Lipinski definition) is 4. The molecule has 8 heteroatoms. The summed E-state index contributed by atoms with van der Waals surface area (Å²) < 4.78 is 39.4. The van der Waals surface area contributed by atoms with Crippen LogP contribution in [0.4, 0.5) is 24.5 Å². The Kier molecular flexibility index (Phi) is 4.62. The summed E-state index contributed by atoms with van der Waals surface area (Å²) in [7, 11) is 3.25. The highest BCUT2D eigenvalue weighted by atomic mass is 19.4. The Labute approximate surface area is 153 Å². The van der Waals surface area contributed by atoms with Crippen molar-refractivity contribution in [2.24, 2.45) is 4.99 Å². The highest BCUT2D eigenvalue weighted by molar-refractivity contribution is 6.04. The van der Waals surface area contributed by atoms with Crippen molar-refractivity contribution in [2.45, 2.75) is 12.6 Å². The van der Waals surface area contributed by atoms with Crippen LogP contribution >= 0.6 is 0 Å². The molecule has 0 saturated heterocycles. The standard InChI is InChI=1S/C19H15F3N4O/c1-24-18(27)11-4-3-5-14(6-11)26(2)17-9-12-7-15(19(20,21)22)13(10-23)8-16(12)25-17/h3-8H,9H2,1-2H3,(H,24,27). The van der Waals surface area contributed by atoms with E-state index in [0.29, 0.717) is 28.3 Å². The fourth-order valence-corrected chi connectivity index (χ4v) is 2.90. The zero-order valence-electron chi connectivity index (χ0n) is 14.6. The molecule has 1 aliphatic rings. The largest absolute Gasteiger partial charge is 0.417 e. The number of fused-ring (bicyclic) bond motifs is 1. The molecule has 2 aromatic carbocycles. The SMILES string of the molecule is CNC(=O)c1cccc(N(C)C2=Nc3cc(C#N)c(C(F)(F)F)cc3C2)c1. The summed E-state index contributed by atoms with van der Waals surface area (Å²) in [6.45, 7) is 0. The first kappa shape index (κ1) is 18.5. The fraction of sp³-hybridized carbons (Fsp3) is 0.211. The average Bonchev–Trinajstić information content (AvgIpc) is 3.08. The van der Waals surface area contributed by atoms with Gasteiger partial charge in [-0.1, -0.05) is 6.07 Å². The van der Waals surface area contributed by atoms with Gasteiger partial charge in [0.1, 0.15) is 5.84 Å². The minimum atomic E-state index is -4.60. The number of carbonyl (C=O) groups excluding carboxylic acids is 1. The minimum absolute atomic E-state index is 0.199. The van der Waals surface area contributed by atoms with Gasteiger partial charge in [-0.15, -0.1) is 0 Å². The number of nitriles is 1. The third kappa shape index (κ3) is 3.49. The Morgan fingerprint density at radius 2 is 2.04 bits per heavy atom. The van der Waals surface area contributed by atoms with Gasteiger partial charge in [0.25, 0.3) is 5.91 Å². The number of amides is 1. The molecule has 5 nitrogen and oxygen atoms in total. The first-order valence-electron chi connectivity index (χ1n) is 8.02. The number of nitrogens with zero attached hydrogens (tertiary/aromatic N) is 3. The zero-order valence-corrected chi connectivity index (χ0v) is 14.6. The topological polar surface area (TPSA) is 68.5 Å². The van der Waals surface area contributed by atoms with Gasteiger partial charge in [-0.2, -0.15) is 18.4 Å². The molecule has 1 N–H and O–H groups in total. The number of likely N-dealkylation sites (N-methyl/N-ethyl adjacent to an activating group) is 1. The Balaban J connectivity index is 1.94. The van der Waals surface area contributed by atoms with Crippen molar-refractivity contribution < 1.29 is 18.0 Å². The molecular weight excluding hydrogens is 357 g/mol. The van der Waals surface area contributed by atoms with Gasteiger partial charge in [-0.3, -0.25) is 4.79 Å². The van der Waals surface area contributed by atoms with Crippen LogP contribution in [0.5, 0.6) is 0 Å². The van der Waals surface area contributed by atoms with Gasteiger partial charge in [-0.25, -0.2) is 4.99 Å². The van der Waals surface area contributed by atoms with Gasteiger partial charge >= 0.3 is 6.18 Å². The monoisotopic (exact) mass is 372 g/mol. The highest BCUT2D eigenvalue weighted by Gasteiger charge is 2.35. The summed E-state index contributed by atoms with van der Waals surface area (Å²) in [4.78, 5) is 17.9. The van der Waals surface area contributed by atoms with Crippen molar-refractivity contribution in [1.29, 1.82) is 5.26 Å². The van der Waals surface area contributed by atoms with E-state index in [-0.39, 0.29) is 12.3 Å². The van der Waals surface area contributed by atoms with Crippen LogP contribution in [0.1, 0.15) is 27.0 Å². The minimum Gasteiger partial charge on any atom is -0.355 e. The molecule has 0 fully saturated rings. The summed E-state index contributed by atoms with van der Waals surface area (Å²) in [5.41, 5.74) is 0.498. The molecular formula is C19H15F3N4O. The molecule has 0 spiro atoms. The summed E-state index contributed by atoms with van der Waals surface area (Å²) in [6.07, 6.45) is -4.40. The third-order valence-corrected chi connectivity index (χ3v) is 4.35. The molecule has 0 unspecified atom stereocenters. The van der Waals surface area contributed by atoms with Gasteiger partial charge in [0.15, 0.2) is 0 Å². The molecule has 0 atom stereocenters. The first-order chi connectivity index (χ1) is 12.7. The smallest absolute Gasteiger partial charge is 0.355 e. The van der Waals surface area contributed by atoms with E-state index < -0.39 is 17.3 Å². The average molecular weight is 372 g/mol. The van der Waals surface area contributed by atoms with Gasteiger partial charge < -0.3 is 10.2 Å². The van der Waals surface area contributed by atoms with Crippen molar-refractivity contribution in [3.05, 3.63) is 58.7 Å². The maximum Gasteiger partial charge on any atom is 0.417 e. The van der Waals surface area contributed by atoms with E-state index >= 15 is 0 Å². The quantitative estimate of drug-likeness (QED) is 0.875. The number of benzene rings is 2. The van der Waals surface area contributed by atoms with Crippen molar-refractivity contribution >= 4 is 23.1 Å². The molecule has 27 heavy (non-hydrogen) atoms. The molecule has 0 radical (unpaired) electrons. The summed E-state index contributed by atoms with van der Waals surface area (Å²) in [5, 5.41) is 11.6. The summed E-state index contributed by atoms with van der Waals surface area (Å²) >= 11 is 0. The van der Waals surface area contributed by atoms with E-state index in [9.17, 15) is 18.0 Å². The number of halogens is 3. The number of carbonyl (C=O) groups is 1. The van der Waals surface area contributed by atoms with Crippen LogP contribution in [-0.4, -0.2) is 25.8 Å². The Morgan fingerprint density at radius 1 is 1.30 bits per heavy atom. The number of aliphatic imine (C=N–C) groups is 1. The van der Waals surface area contributed by atoms with Gasteiger partial charge in [0.05, 0.1) is 22.9 Å². The normalized spacial score (nSPS) is 12.8. The number of alkyl halides is 3. The Hall–Kier alpha value is -3.34. The predicted molar refractivity (Wildman–Crippen MR) is 95.2 cm³/mol. The molecule has 0 bridgehead atoms. The van der Waals surface area contributed by atoms with E-state index in [1.807, 2.05) is 0 Å². The van der Waals surface area contributed by atoms with Gasteiger partial charge in [0.2, 0.25) is 0 Å². The lowest BCUT2D eigenvalue weighted by molar-refractivity contribution is -0.137. The van der Waals surface area contributed by atoms with Crippen LogP contribution in [0.25, 0.3) is 0 Å². The van der Waals surface area contributed by atoms with Gasteiger partial charge in [0, 0.05) is 31.8 Å². The van der Waals surface area contributed by atoms with Crippen molar-refractivity contribution in [3.63, 3.8) is 0 Å². The molecule has 0 saturated carbocycles. The predicted octanol–water partition coefficient (Wildman–Crippen LogP) is 3.66. The second-order valence-electron chi connectivity index (χ2n) is 6.03. The van der Waals surface area contributed by atoms with Crippen LogP contribution in [0, 0.1) is 11.3 Å². The first-order valence-corrected chi connectivity index (χ1v) is 8.02. The molecule has 1 aliphatic heterocycles. The lowest BCUT2D eigenvalue weighted by Crippen LogP contribution is -2.27. The lowest BCUT2D eigenvalue weighted by Gasteiger charge is -2.19. The molecule has 3 rings (SSSR count). The fourth-order valence-electron chi connectivity index (χ4n) is 2.90. The zero-order chi connectivity index (χ0) is 19.8. The number of amidine groups is 1. The molecule has 138 valence electrons. The van der Waals surface area contributed by atoms with Crippen molar-refractivity contribution in [3.8, 4) is 6.07 Å². The van der Waals surface area contributed by atoms with Crippen LogP contribution in [0.15, 0.2) is 41.4 Å². The molecule has 0 aliphatic carbocycles. The van der Waals surface area contributed by atoms with Gasteiger partial charge in [-0.05, 0) is 35.9 Å². The molecule has 1 amide bonds. The number of rotatable bonds is 2. The maximum absolute atomic E-state index is 13.1. The van der Waals surface area contributed by atoms with Crippen LogP contribution in [0.3, 0.4) is 0 Å². The van der Waals surface area contributed by atoms with Crippen molar-refractivity contribution in [1.82, 2.24) is 5.32 Å². The number of hydrogen-bond donors (Lipinski definition) is 1. The third-order valence-electron chi connectivity index (χ3n) is 4.35. The van der Waals surface area contributed by atoms with Crippen LogP contribution < -0.4 is 10.2 Å². The number of nitrogens with one attached hydrogen (secondary N) is 1. The second-order valence-corrected chi connectivity index (χ2v) is 6.03. The molecule has 2 aromatic rings. The summed E-state index contributed by atoms with van der Waals surface area (Å²) in [5.74, 6) is 0.289. The molecule has 1 heterocycles. The van der Waals surface area contributed by atoms with Crippen LogP contribution in [-0.2, 0) is 12.6 Å². The van der Waals surface area contributed by atoms with Crippen LogP contribution in [0.2, 0.25) is 0 Å².